The molecule has 0 spiro atoms. The van der Waals surface area contributed by atoms with E-state index in [1.807, 2.05) is 0 Å². The lowest BCUT2D eigenvalue weighted by Gasteiger charge is -2.11. The summed E-state index contributed by atoms with van der Waals surface area (Å²) in [5, 5.41) is 7.47. The molecule has 1 aromatic rings. The van der Waals surface area contributed by atoms with Gasteiger partial charge >= 0.3 is 12.1 Å². The Balaban J connectivity index is 0.00000289. The molecular formula is C10H7Cl2F3O3. The van der Waals surface area contributed by atoms with E-state index in [4.69, 9.17) is 16.7 Å². The first kappa shape index (κ1) is 16.7. The van der Waals surface area contributed by atoms with E-state index < -0.39 is 28.9 Å². The maximum Gasteiger partial charge on any atom is 0.416 e. The Morgan fingerprint density at radius 2 is 1.83 bits per heavy atom. The third kappa shape index (κ3) is 3.89. The first-order chi connectivity index (χ1) is 7.73. The van der Waals surface area contributed by atoms with Crippen molar-refractivity contribution in [1.82, 2.24) is 0 Å². The highest BCUT2D eigenvalue weighted by atomic mass is 35.5. The van der Waals surface area contributed by atoms with Crippen molar-refractivity contribution in [3.05, 3.63) is 35.4 Å². The molecule has 1 N–H and O–H groups in total. The SMILES string of the molecule is Cl.O=C(O)C(C(=O)Cl)c1cccc(C(F)(F)F)c1. The molecular weight excluding hydrogens is 296 g/mol. The number of hydrogen-bond acceptors (Lipinski definition) is 2. The van der Waals surface area contributed by atoms with Crippen LogP contribution in [0.3, 0.4) is 0 Å². The molecule has 0 heterocycles. The largest absolute Gasteiger partial charge is 0.480 e. The Hall–Kier alpha value is -1.27. The summed E-state index contributed by atoms with van der Waals surface area (Å²) >= 11 is 5.04. The minimum Gasteiger partial charge on any atom is -0.480 e. The summed E-state index contributed by atoms with van der Waals surface area (Å²) < 4.78 is 37.1. The highest BCUT2D eigenvalue weighted by Crippen LogP contribution is 2.31. The smallest absolute Gasteiger partial charge is 0.416 e. The van der Waals surface area contributed by atoms with Crippen molar-refractivity contribution < 1.29 is 27.9 Å². The molecule has 3 nitrogen and oxygen atoms in total. The number of carboxylic acids is 1. The van der Waals surface area contributed by atoms with Crippen molar-refractivity contribution in [2.75, 3.05) is 0 Å². The summed E-state index contributed by atoms with van der Waals surface area (Å²) in [7, 11) is 0. The van der Waals surface area contributed by atoms with Gasteiger partial charge in [0.2, 0.25) is 5.24 Å². The second kappa shape index (κ2) is 6.06. The lowest BCUT2D eigenvalue weighted by molar-refractivity contribution is -0.142. The molecule has 1 unspecified atom stereocenters. The number of benzene rings is 1. The van der Waals surface area contributed by atoms with Gasteiger partial charge in [-0.25, -0.2) is 0 Å². The van der Waals surface area contributed by atoms with Crippen molar-refractivity contribution >= 4 is 35.2 Å². The molecule has 1 aromatic carbocycles. The Labute approximate surface area is 111 Å². The average molecular weight is 303 g/mol. The number of alkyl halides is 3. The van der Waals surface area contributed by atoms with Crippen LogP contribution in [0.5, 0.6) is 0 Å². The van der Waals surface area contributed by atoms with Crippen LogP contribution >= 0.6 is 24.0 Å². The molecule has 0 saturated heterocycles. The molecule has 0 radical (unpaired) electrons. The molecule has 0 aliphatic carbocycles. The Kier molecular flexibility index (Phi) is 5.63. The highest BCUT2D eigenvalue weighted by Gasteiger charge is 2.33. The lowest BCUT2D eigenvalue weighted by Crippen LogP contribution is -2.18. The number of aliphatic carboxylic acids is 1. The van der Waals surface area contributed by atoms with Gasteiger partial charge in [0.1, 0.15) is 0 Å². The van der Waals surface area contributed by atoms with E-state index in [0.717, 1.165) is 18.2 Å². The van der Waals surface area contributed by atoms with Gasteiger partial charge < -0.3 is 5.11 Å². The molecule has 18 heavy (non-hydrogen) atoms. The van der Waals surface area contributed by atoms with Crippen LogP contribution in [0.15, 0.2) is 24.3 Å². The van der Waals surface area contributed by atoms with Gasteiger partial charge in [-0.15, -0.1) is 12.4 Å². The Morgan fingerprint density at radius 3 is 2.22 bits per heavy atom. The van der Waals surface area contributed by atoms with Gasteiger partial charge in [0.15, 0.2) is 5.92 Å². The minimum absolute atomic E-state index is 0. The fraction of sp³-hybridized carbons (Fsp3) is 0.200. The van der Waals surface area contributed by atoms with E-state index in [2.05, 4.69) is 0 Å². The van der Waals surface area contributed by atoms with Crippen LogP contribution in [0.1, 0.15) is 17.0 Å². The number of carboxylic acid groups (broad SMARTS) is 1. The second-order valence-electron chi connectivity index (χ2n) is 3.20. The predicted molar refractivity (Wildman–Crippen MR) is 59.9 cm³/mol. The van der Waals surface area contributed by atoms with Crippen molar-refractivity contribution in [3.8, 4) is 0 Å². The molecule has 0 bridgehead atoms. The first-order valence-electron chi connectivity index (χ1n) is 4.33. The lowest BCUT2D eigenvalue weighted by atomic mass is 9.98. The molecule has 100 valence electrons. The molecule has 0 fully saturated rings. The zero-order chi connectivity index (χ0) is 13.2. The maximum absolute atomic E-state index is 12.4. The minimum atomic E-state index is -4.60. The summed E-state index contributed by atoms with van der Waals surface area (Å²) in [5.41, 5.74) is -1.33. The van der Waals surface area contributed by atoms with Gasteiger partial charge in [-0.05, 0) is 23.2 Å². The van der Waals surface area contributed by atoms with Gasteiger partial charge in [-0.3, -0.25) is 9.59 Å². The molecule has 0 aromatic heterocycles. The van der Waals surface area contributed by atoms with Crippen LogP contribution in [0, 0.1) is 0 Å². The van der Waals surface area contributed by atoms with Crippen LogP contribution < -0.4 is 0 Å². The third-order valence-electron chi connectivity index (χ3n) is 2.02. The molecule has 0 aliphatic rings. The van der Waals surface area contributed by atoms with E-state index in [9.17, 15) is 22.8 Å². The average Bonchev–Trinajstić information content (AvgIpc) is 2.15. The van der Waals surface area contributed by atoms with Crippen LogP contribution in [0.2, 0.25) is 0 Å². The van der Waals surface area contributed by atoms with E-state index in [1.165, 1.54) is 0 Å². The quantitative estimate of drug-likeness (QED) is 0.689. The van der Waals surface area contributed by atoms with Gasteiger partial charge in [-0.2, -0.15) is 13.2 Å². The van der Waals surface area contributed by atoms with Crippen LogP contribution in [0.25, 0.3) is 0 Å². The van der Waals surface area contributed by atoms with Crippen molar-refractivity contribution in [3.63, 3.8) is 0 Å². The highest BCUT2D eigenvalue weighted by molar-refractivity contribution is 6.66. The molecule has 0 amide bonds. The van der Waals surface area contributed by atoms with Crippen LogP contribution in [-0.4, -0.2) is 16.3 Å². The fourth-order valence-electron chi connectivity index (χ4n) is 1.27. The zero-order valence-corrected chi connectivity index (χ0v) is 10.1. The van der Waals surface area contributed by atoms with E-state index in [1.54, 1.807) is 0 Å². The van der Waals surface area contributed by atoms with E-state index in [-0.39, 0.29) is 18.0 Å². The number of carbonyl (C=O) groups is 2. The van der Waals surface area contributed by atoms with Gasteiger partial charge in [0.25, 0.3) is 0 Å². The summed E-state index contributed by atoms with van der Waals surface area (Å²) in [6, 6.07) is 3.50. The summed E-state index contributed by atoms with van der Waals surface area (Å²) in [6.07, 6.45) is -4.60. The molecule has 0 saturated carbocycles. The number of rotatable bonds is 3. The molecule has 1 rings (SSSR count). The fourth-order valence-corrected chi connectivity index (χ4v) is 1.48. The first-order valence-corrected chi connectivity index (χ1v) is 4.70. The zero-order valence-electron chi connectivity index (χ0n) is 8.57. The maximum atomic E-state index is 12.4. The van der Waals surface area contributed by atoms with E-state index >= 15 is 0 Å². The summed E-state index contributed by atoms with van der Waals surface area (Å²) in [5.74, 6) is -3.39. The topological polar surface area (TPSA) is 54.4 Å². The van der Waals surface area contributed by atoms with Gasteiger partial charge in [-0.1, -0.05) is 18.2 Å². The second-order valence-corrected chi connectivity index (χ2v) is 3.57. The van der Waals surface area contributed by atoms with Crippen molar-refractivity contribution in [2.24, 2.45) is 0 Å². The number of hydrogen-bond donors (Lipinski definition) is 1. The van der Waals surface area contributed by atoms with Crippen molar-refractivity contribution in [2.45, 2.75) is 12.1 Å². The van der Waals surface area contributed by atoms with E-state index in [0.29, 0.717) is 6.07 Å². The summed E-state index contributed by atoms with van der Waals surface area (Å²) in [6.45, 7) is 0. The number of halogens is 5. The summed E-state index contributed by atoms with van der Waals surface area (Å²) in [4.78, 5) is 21.6. The Morgan fingerprint density at radius 1 is 1.28 bits per heavy atom. The molecule has 8 heteroatoms. The van der Waals surface area contributed by atoms with Crippen LogP contribution in [0.4, 0.5) is 13.2 Å². The Bertz CT molecular complexity index is 446. The predicted octanol–water partition coefficient (Wildman–Crippen LogP) is 3.06. The normalized spacial score (nSPS) is 12.4. The third-order valence-corrected chi connectivity index (χ3v) is 2.24. The molecule has 0 aliphatic heterocycles. The monoisotopic (exact) mass is 302 g/mol. The van der Waals surface area contributed by atoms with Gasteiger partial charge in [0, 0.05) is 0 Å². The van der Waals surface area contributed by atoms with Gasteiger partial charge in [0.05, 0.1) is 5.56 Å². The number of carbonyl (C=O) groups excluding carboxylic acids is 1. The van der Waals surface area contributed by atoms with Crippen molar-refractivity contribution in [1.29, 1.82) is 0 Å². The standard InChI is InChI=1S/C10H6ClF3O3.ClH/c11-8(15)7(9(16)17)5-2-1-3-6(4-5)10(12,13)14;/h1-4,7H,(H,16,17);1H. The van der Waals surface area contributed by atoms with Crippen LogP contribution in [-0.2, 0) is 15.8 Å². The molecule has 1 atom stereocenters.